The Labute approximate surface area is 253 Å². The van der Waals surface area contributed by atoms with Crippen molar-refractivity contribution >= 4 is 23.7 Å². The average Bonchev–Trinajstić information content (AvgIpc) is 3.06. The van der Waals surface area contributed by atoms with E-state index < -0.39 is 47.8 Å². The maximum absolute atomic E-state index is 13.6. The first-order chi connectivity index (χ1) is 21.2. The molecule has 12 heteroatoms. The minimum absolute atomic E-state index is 0.00992. The van der Waals surface area contributed by atoms with Crippen LogP contribution in [-0.4, -0.2) is 84.9 Å². The second-order valence-corrected chi connectivity index (χ2v) is 9.30. The predicted octanol–water partition coefficient (Wildman–Crippen LogP) is 1.65. The zero-order chi connectivity index (χ0) is 32.0. The third kappa shape index (κ3) is 8.13. The summed E-state index contributed by atoms with van der Waals surface area (Å²) in [6.45, 7) is -0.235. The Balaban J connectivity index is 1.75. The summed E-state index contributed by atoms with van der Waals surface area (Å²) in [4.78, 5) is 51.4. The molecule has 0 aromatic heterocycles. The number of ether oxygens (including phenoxy) is 5. The number of benzene rings is 3. The summed E-state index contributed by atoms with van der Waals surface area (Å²) in [5, 5.41) is 32.8. The lowest BCUT2D eigenvalue weighted by atomic mass is 9.73. The molecule has 0 aliphatic heterocycles. The summed E-state index contributed by atoms with van der Waals surface area (Å²) >= 11 is 0. The van der Waals surface area contributed by atoms with Crippen molar-refractivity contribution in [3.8, 4) is 0 Å². The largest absolute Gasteiger partial charge is 0.461 e. The van der Waals surface area contributed by atoms with Gasteiger partial charge in [-0.2, -0.15) is 0 Å². The quantitative estimate of drug-likeness (QED) is 0.0504. The van der Waals surface area contributed by atoms with Gasteiger partial charge in [0, 0.05) is 5.56 Å². The van der Waals surface area contributed by atoms with Crippen molar-refractivity contribution in [2.45, 2.75) is 24.4 Å². The Kier molecular flexibility index (Phi) is 12.7. The van der Waals surface area contributed by atoms with Crippen molar-refractivity contribution in [3.63, 3.8) is 0 Å². The van der Waals surface area contributed by atoms with Gasteiger partial charge in [0.1, 0.15) is 13.2 Å². The number of hydrogen-bond acceptors (Lipinski definition) is 12. The van der Waals surface area contributed by atoms with E-state index in [0.717, 1.165) is 0 Å². The van der Waals surface area contributed by atoms with Crippen molar-refractivity contribution in [1.82, 2.24) is 0 Å². The highest BCUT2D eigenvalue weighted by molar-refractivity contribution is 6.40. The van der Waals surface area contributed by atoms with Crippen LogP contribution in [0.15, 0.2) is 91.0 Å². The van der Waals surface area contributed by atoms with Gasteiger partial charge in [0.05, 0.1) is 26.4 Å². The second-order valence-electron chi connectivity index (χ2n) is 9.30. The van der Waals surface area contributed by atoms with E-state index in [-0.39, 0.29) is 49.7 Å². The van der Waals surface area contributed by atoms with Gasteiger partial charge in [0.2, 0.25) is 17.5 Å². The molecule has 0 amide bonds. The van der Waals surface area contributed by atoms with Crippen LogP contribution in [0.1, 0.15) is 28.4 Å². The van der Waals surface area contributed by atoms with Crippen LogP contribution in [0.4, 0.5) is 0 Å². The van der Waals surface area contributed by atoms with E-state index in [4.69, 9.17) is 28.8 Å². The molecule has 0 saturated heterocycles. The molecule has 3 rings (SSSR count). The van der Waals surface area contributed by atoms with E-state index >= 15 is 0 Å². The SMILES string of the molecule is CC(OCCOC(=O)C(O)(c1ccccc1)C(O)(C(=O)OCCOCCO)c1ccccc1)OC(=O)C(=O)c1ccccc1. The normalized spacial score (nSPS) is 14.4. The fourth-order valence-electron chi connectivity index (χ4n) is 4.17. The first-order valence-corrected chi connectivity index (χ1v) is 13.7. The third-order valence-corrected chi connectivity index (χ3v) is 6.36. The summed E-state index contributed by atoms with van der Waals surface area (Å²) in [5.74, 6) is -4.78. The Morgan fingerprint density at radius 2 is 1.11 bits per heavy atom. The molecule has 3 aromatic rings. The Morgan fingerprint density at radius 1 is 0.659 bits per heavy atom. The molecule has 0 aliphatic rings. The molecule has 0 fully saturated rings. The summed E-state index contributed by atoms with van der Waals surface area (Å²) in [6.07, 6.45) is -1.20. The van der Waals surface area contributed by atoms with Crippen molar-refractivity contribution < 1.29 is 58.2 Å². The fraction of sp³-hybridized carbons (Fsp3) is 0.312. The molecule has 12 nitrogen and oxygen atoms in total. The molecule has 3 unspecified atom stereocenters. The molecule has 3 N–H and O–H groups in total. The second kappa shape index (κ2) is 16.4. The van der Waals surface area contributed by atoms with Crippen LogP contribution >= 0.6 is 0 Å². The molecule has 44 heavy (non-hydrogen) atoms. The summed E-state index contributed by atoms with van der Waals surface area (Å²) in [6, 6.07) is 22.3. The van der Waals surface area contributed by atoms with Crippen LogP contribution in [0.25, 0.3) is 0 Å². The van der Waals surface area contributed by atoms with Crippen molar-refractivity contribution in [2.24, 2.45) is 0 Å². The minimum Gasteiger partial charge on any atom is -0.461 e. The summed E-state index contributed by atoms with van der Waals surface area (Å²) < 4.78 is 25.9. The van der Waals surface area contributed by atoms with E-state index in [1.165, 1.54) is 67.6 Å². The number of carbonyl (C=O) groups is 4. The van der Waals surface area contributed by atoms with Crippen molar-refractivity contribution in [2.75, 3.05) is 39.6 Å². The lowest BCUT2D eigenvalue weighted by molar-refractivity contribution is -0.222. The van der Waals surface area contributed by atoms with Crippen molar-refractivity contribution in [1.29, 1.82) is 0 Å². The molecule has 0 spiro atoms. The highest BCUT2D eigenvalue weighted by Crippen LogP contribution is 2.43. The standard InChI is InChI=1S/C32H34O12/c1-23(44-28(35)27(34)24-11-5-2-6-12-24)41-21-22-43-30(37)32(39,26-15-9-4-10-16-26)31(38,25-13-7-3-8-14-25)29(36)42-20-19-40-18-17-33/h2-16,23,33,38-39H,17-22H2,1H3. The van der Waals surface area contributed by atoms with E-state index in [1.807, 2.05) is 0 Å². The number of carbonyl (C=O) groups excluding carboxylic acids is 4. The van der Waals surface area contributed by atoms with Crippen LogP contribution < -0.4 is 0 Å². The van der Waals surface area contributed by atoms with Gasteiger partial charge in [-0.3, -0.25) is 4.79 Å². The fourth-order valence-corrected chi connectivity index (χ4v) is 4.17. The van der Waals surface area contributed by atoms with Gasteiger partial charge in [0.15, 0.2) is 0 Å². The number of rotatable bonds is 17. The molecule has 3 aromatic carbocycles. The topological polar surface area (TPSA) is 175 Å². The molecule has 0 heterocycles. The minimum atomic E-state index is -3.02. The molecular formula is C32H34O12. The number of ketones is 1. The Morgan fingerprint density at radius 3 is 1.59 bits per heavy atom. The van der Waals surface area contributed by atoms with Gasteiger partial charge in [-0.1, -0.05) is 91.0 Å². The molecule has 0 saturated carbocycles. The first kappa shape index (κ1) is 34.0. The number of aliphatic hydroxyl groups excluding tert-OH is 1. The van der Waals surface area contributed by atoms with E-state index in [0.29, 0.717) is 0 Å². The van der Waals surface area contributed by atoms with Crippen LogP contribution in [0.2, 0.25) is 0 Å². The highest BCUT2D eigenvalue weighted by Gasteiger charge is 2.64. The van der Waals surface area contributed by atoms with Gasteiger partial charge in [-0.05, 0) is 18.1 Å². The van der Waals surface area contributed by atoms with Crippen LogP contribution in [0.3, 0.4) is 0 Å². The van der Waals surface area contributed by atoms with Crippen LogP contribution in [-0.2, 0) is 49.3 Å². The monoisotopic (exact) mass is 610 g/mol. The number of esters is 3. The van der Waals surface area contributed by atoms with E-state index in [1.54, 1.807) is 30.3 Å². The van der Waals surface area contributed by atoms with Gasteiger partial charge in [0.25, 0.3) is 5.78 Å². The number of aliphatic hydroxyl groups is 3. The van der Waals surface area contributed by atoms with Crippen LogP contribution in [0.5, 0.6) is 0 Å². The summed E-state index contributed by atoms with van der Waals surface area (Å²) in [7, 11) is 0. The van der Waals surface area contributed by atoms with E-state index in [2.05, 4.69) is 0 Å². The lowest BCUT2D eigenvalue weighted by Gasteiger charge is -2.40. The average molecular weight is 611 g/mol. The maximum atomic E-state index is 13.6. The number of Topliss-reactive ketones (excluding diaryl/α,β-unsaturated/α-hetero) is 1. The maximum Gasteiger partial charge on any atom is 0.381 e. The first-order valence-electron chi connectivity index (χ1n) is 13.7. The predicted molar refractivity (Wildman–Crippen MR) is 153 cm³/mol. The van der Waals surface area contributed by atoms with Gasteiger partial charge < -0.3 is 39.0 Å². The summed E-state index contributed by atoms with van der Waals surface area (Å²) in [5.41, 5.74) is -6.21. The molecule has 234 valence electrons. The third-order valence-electron chi connectivity index (χ3n) is 6.36. The molecule has 0 bridgehead atoms. The van der Waals surface area contributed by atoms with Crippen LogP contribution in [0, 0.1) is 0 Å². The number of hydrogen-bond donors (Lipinski definition) is 3. The van der Waals surface area contributed by atoms with Gasteiger partial charge in [-0.15, -0.1) is 0 Å². The lowest BCUT2D eigenvalue weighted by Crippen LogP contribution is -2.60. The molecule has 0 aliphatic carbocycles. The van der Waals surface area contributed by atoms with Gasteiger partial charge in [-0.25, -0.2) is 14.4 Å². The zero-order valence-electron chi connectivity index (χ0n) is 24.0. The Bertz CT molecular complexity index is 1370. The molecular weight excluding hydrogens is 576 g/mol. The highest BCUT2D eigenvalue weighted by atomic mass is 16.7. The van der Waals surface area contributed by atoms with Crippen molar-refractivity contribution in [3.05, 3.63) is 108 Å². The molecule has 0 radical (unpaired) electrons. The Hall–Kier alpha value is -4.46. The zero-order valence-corrected chi connectivity index (χ0v) is 24.0. The molecule has 3 atom stereocenters. The van der Waals surface area contributed by atoms with Gasteiger partial charge >= 0.3 is 17.9 Å². The smallest absolute Gasteiger partial charge is 0.381 e. The van der Waals surface area contributed by atoms with E-state index in [9.17, 15) is 29.4 Å².